The summed E-state index contributed by atoms with van der Waals surface area (Å²) >= 11 is 0. The van der Waals surface area contributed by atoms with Gasteiger partial charge in [0, 0.05) is 29.2 Å². The van der Waals surface area contributed by atoms with Gasteiger partial charge in [-0.15, -0.1) is 0 Å². The molecule has 22 heavy (non-hydrogen) atoms. The Bertz CT molecular complexity index is 696. The molecule has 0 saturated heterocycles. The lowest BCUT2D eigenvalue weighted by atomic mass is 10.1. The fourth-order valence-corrected chi connectivity index (χ4v) is 1.94. The second-order valence-corrected chi connectivity index (χ2v) is 4.62. The van der Waals surface area contributed by atoms with E-state index < -0.39 is 0 Å². The van der Waals surface area contributed by atoms with Crippen molar-refractivity contribution in [2.45, 2.75) is 6.92 Å². The Morgan fingerprint density at radius 1 is 1.18 bits per heavy atom. The van der Waals surface area contributed by atoms with Crippen LogP contribution in [0.15, 0.2) is 42.6 Å². The summed E-state index contributed by atoms with van der Waals surface area (Å²) in [6, 6.07) is 8.95. The van der Waals surface area contributed by atoms with E-state index >= 15 is 0 Å². The van der Waals surface area contributed by atoms with Crippen LogP contribution in [-0.4, -0.2) is 25.1 Å². The SMILES string of the molecule is COc1ccc(OC)c(/C=C/C(=O)Nc2ccnc(C)c2)c1. The van der Waals surface area contributed by atoms with Crippen LogP contribution in [0.4, 0.5) is 5.69 Å². The lowest BCUT2D eigenvalue weighted by Gasteiger charge is -2.07. The third-order valence-corrected chi connectivity index (χ3v) is 3.02. The molecule has 0 aliphatic rings. The molecule has 2 rings (SSSR count). The third kappa shape index (κ3) is 4.09. The van der Waals surface area contributed by atoms with Crippen molar-refractivity contribution < 1.29 is 14.3 Å². The zero-order chi connectivity index (χ0) is 15.9. The average Bonchev–Trinajstić information content (AvgIpc) is 2.52. The van der Waals surface area contributed by atoms with Crippen molar-refractivity contribution in [1.29, 1.82) is 0 Å². The number of carbonyl (C=O) groups excluding carboxylic acids is 1. The molecule has 0 saturated carbocycles. The molecule has 1 heterocycles. The maximum Gasteiger partial charge on any atom is 0.248 e. The molecule has 1 aromatic carbocycles. The predicted octanol–water partition coefficient (Wildman–Crippen LogP) is 3.06. The summed E-state index contributed by atoms with van der Waals surface area (Å²) < 4.78 is 10.4. The minimum absolute atomic E-state index is 0.226. The molecular formula is C17H18N2O3. The molecule has 0 bridgehead atoms. The molecular weight excluding hydrogens is 280 g/mol. The molecule has 0 atom stereocenters. The van der Waals surface area contributed by atoms with Crippen LogP contribution in [0.3, 0.4) is 0 Å². The molecule has 1 aromatic heterocycles. The summed E-state index contributed by atoms with van der Waals surface area (Å²) in [6.45, 7) is 1.87. The van der Waals surface area contributed by atoms with E-state index in [1.54, 1.807) is 56.8 Å². The highest BCUT2D eigenvalue weighted by atomic mass is 16.5. The summed E-state index contributed by atoms with van der Waals surface area (Å²) in [5, 5.41) is 2.78. The number of anilines is 1. The van der Waals surface area contributed by atoms with Crippen molar-refractivity contribution in [3.63, 3.8) is 0 Å². The van der Waals surface area contributed by atoms with Gasteiger partial charge < -0.3 is 14.8 Å². The molecule has 0 radical (unpaired) electrons. The van der Waals surface area contributed by atoms with Crippen LogP contribution in [0.2, 0.25) is 0 Å². The number of carbonyl (C=O) groups is 1. The lowest BCUT2D eigenvalue weighted by Crippen LogP contribution is -2.08. The highest BCUT2D eigenvalue weighted by Gasteiger charge is 2.03. The smallest absolute Gasteiger partial charge is 0.248 e. The second kappa shape index (κ2) is 7.26. The van der Waals surface area contributed by atoms with Gasteiger partial charge in [-0.2, -0.15) is 0 Å². The Balaban J connectivity index is 2.12. The fourth-order valence-electron chi connectivity index (χ4n) is 1.94. The third-order valence-electron chi connectivity index (χ3n) is 3.02. The zero-order valence-electron chi connectivity index (χ0n) is 12.8. The molecule has 0 unspecified atom stereocenters. The quantitative estimate of drug-likeness (QED) is 0.862. The highest BCUT2D eigenvalue weighted by molar-refractivity contribution is 6.02. The number of methoxy groups -OCH3 is 2. The minimum atomic E-state index is -0.226. The molecule has 1 amide bonds. The Hall–Kier alpha value is -2.82. The van der Waals surface area contributed by atoms with Crippen LogP contribution in [0, 0.1) is 6.92 Å². The molecule has 0 aliphatic heterocycles. The highest BCUT2D eigenvalue weighted by Crippen LogP contribution is 2.25. The minimum Gasteiger partial charge on any atom is -0.497 e. The molecule has 0 aliphatic carbocycles. The Morgan fingerprint density at radius 2 is 2.00 bits per heavy atom. The number of amides is 1. The first kappa shape index (κ1) is 15.6. The van der Waals surface area contributed by atoms with Gasteiger partial charge in [0.2, 0.25) is 5.91 Å². The van der Waals surface area contributed by atoms with Crippen LogP contribution in [0.25, 0.3) is 6.08 Å². The van der Waals surface area contributed by atoms with E-state index in [2.05, 4.69) is 10.3 Å². The van der Waals surface area contributed by atoms with Gasteiger partial charge >= 0.3 is 0 Å². The topological polar surface area (TPSA) is 60.5 Å². The van der Waals surface area contributed by atoms with E-state index in [0.29, 0.717) is 17.2 Å². The number of rotatable bonds is 5. The number of nitrogens with one attached hydrogen (secondary N) is 1. The van der Waals surface area contributed by atoms with E-state index in [0.717, 1.165) is 11.3 Å². The number of benzene rings is 1. The van der Waals surface area contributed by atoms with E-state index in [4.69, 9.17) is 9.47 Å². The normalized spacial score (nSPS) is 10.5. The van der Waals surface area contributed by atoms with Gasteiger partial charge in [0.15, 0.2) is 0 Å². The molecule has 5 heteroatoms. The van der Waals surface area contributed by atoms with E-state index in [1.165, 1.54) is 6.08 Å². The van der Waals surface area contributed by atoms with E-state index in [9.17, 15) is 4.79 Å². The Labute approximate surface area is 129 Å². The maximum atomic E-state index is 12.0. The number of nitrogens with zero attached hydrogens (tertiary/aromatic N) is 1. The van der Waals surface area contributed by atoms with Gasteiger partial charge in [-0.25, -0.2) is 0 Å². The van der Waals surface area contributed by atoms with Crippen LogP contribution in [0.1, 0.15) is 11.3 Å². The van der Waals surface area contributed by atoms with Gasteiger partial charge in [-0.05, 0) is 43.3 Å². The van der Waals surface area contributed by atoms with Crippen molar-refractivity contribution in [2.75, 3.05) is 19.5 Å². The van der Waals surface area contributed by atoms with Crippen molar-refractivity contribution in [3.05, 3.63) is 53.9 Å². The molecule has 0 spiro atoms. The number of hydrogen-bond donors (Lipinski definition) is 1. The number of pyridine rings is 1. The van der Waals surface area contributed by atoms with Crippen molar-refractivity contribution >= 4 is 17.7 Å². The summed E-state index contributed by atoms with van der Waals surface area (Å²) in [5.74, 6) is 1.14. The first-order valence-corrected chi connectivity index (χ1v) is 6.76. The maximum absolute atomic E-state index is 12.0. The summed E-state index contributed by atoms with van der Waals surface area (Å²) in [7, 11) is 3.17. The van der Waals surface area contributed by atoms with Crippen molar-refractivity contribution in [3.8, 4) is 11.5 Å². The van der Waals surface area contributed by atoms with E-state index in [1.807, 2.05) is 6.92 Å². The van der Waals surface area contributed by atoms with Gasteiger partial charge in [-0.1, -0.05) is 0 Å². The Morgan fingerprint density at radius 3 is 2.68 bits per heavy atom. The lowest BCUT2D eigenvalue weighted by molar-refractivity contribution is -0.111. The molecule has 114 valence electrons. The second-order valence-electron chi connectivity index (χ2n) is 4.62. The number of ether oxygens (including phenoxy) is 2. The predicted molar refractivity (Wildman–Crippen MR) is 86.2 cm³/mol. The van der Waals surface area contributed by atoms with Crippen molar-refractivity contribution in [1.82, 2.24) is 4.98 Å². The van der Waals surface area contributed by atoms with Gasteiger partial charge in [0.05, 0.1) is 14.2 Å². The number of hydrogen-bond acceptors (Lipinski definition) is 4. The number of aromatic nitrogens is 1. The first-order valence-electron chi connectivity index (χ1n) is 6.76. The van der Waals surface area contributed by atoms with Crippen LogP contribution in [-0.2, 0) is 4.79 Å². The fraction of sp³-hybridized carbons (Fsp3) is 0.176. The molecule has 1 N–H and O–H groups in total. The largest absolute Gasteiger partial charge is 0.497 e. The Kier molecular flexibility index (Phi) is 5.14. The summed E-state index contributed by atoms with van der Waals surface area (Å²) in [4.78, 5) is 16.0. The van der Waals surface area contributed by atoms with Gasteiger partial charge in [-0.3, -0.25) is 9.78 Å². The standard InChI is InChI=1S/C17H18N2O3/c1-12-10-14(8-9-18-12)19-17(20)7-4-13-11-15(21-2)5-6-16(13)22-3/h4-11H,1-3H3,(H,18,19,20)/b7-4+. The molecule has 5 nitrogen and oxygen atoms in total. The van der Waals surface area contributed by atoms with E-state index in [-0.39, 0.29) is 5.91 Å². The van der Waals surface area contributed by atoms with Crippen LogP contribution < -0.4 is 14.8 Å². The number of aryl methyl sites for hydroxylation is 1. The molecule has 2 aromatic rings. The van der Waals surface area contributed by atoms with Gasteiger partial charge in [0.25, 0.3) is 0 Å². The summed E-state index contributed by atoms with van der Waals surface area (Å²) in [5.41, 5.74) is 2.32. The van der Waals surface area contributed by atoms with Crippen molar-refractivity contribution in [2.24, 2.45) is 0 Å². The first-order chi connectivity index (χ1) is 10.6. The summed E-state index contributed by atoms with van der Waals surface area (Å²) in [6.07, 6.45) is 4.79. The zero-order valence-corrected chi connectivity index (χ0v) is 12.8. The van der Waals surface area contributed by atoms with Crippen LogP contribution in [0.5, 0.6) is 11.5 Å². The monoisotopic (exact) mass is 298 g/mol. The molecule has 0 fully saturated rings. The average molecular weight is 298 g/mol. The van der Waals surface area contributed by atoms with Gasteiger partial charge in [0.1, 0.15) is 11.5 Å². The van der Waals surface area contributed by atoms with Crippen LogP contribution >= 0.6 is 0 Å².